The van der Waals surface area contributed by atoms with E-state index < -0.39 is 0 Å². The lowest BCUT2D eigenvalue weighted by Gasteiger charge is -2.37. The molecular weight excluding hydrogens is 356 g/mol. The average Bonchev–Trinajstić information content (AvgIpc) is 3.55. The first-order chi connectivity index (χ1) is 13.5. The molecule has 1 aliphatic heterocycles. The molecule has 0 radical (unpaired) electrons. The van der Waals surface area contributed by atoms with Crippen LogP contribution in [0.2, 0.25) is 0 Å². The Bertz CT molecular complexity index is 682. The normalized spacial score (nSPS) is 18.4. The Labute approximate surface area is 166 Å². The van der Waals surface area contributed by atoms with Crippen molar-refractivity contribution in [3.8, 4) is 0 Å². The first-order valence-electron chi connectivity index (χ1n) is 10.2. The van der Waals surface area contributed by atoms with Gasteiger partial charge in [0.15, 0.2) is 0 Å². The largest absolute Gasteiger partial charge is 0.352 e. The van der Waals surface area contributed by atoms with Gasteiger partial charge in [0.05, 0.1) is 6.04 Å². The fourth-order valence-electron chi connectivity index (χ4n) is 3.37. The monoisotopic (exact) mass is 386 g/mol. The van der Waals surface area contributed by atoms with Crippen LogP contribution in [0.25, 0.3) is 0 Å². The van der Waals surface area contributed by atoms with E-state index >= 15 is 0 Å². The highest BCUT2D eigenvalue weighted by Crippen LogP contribution is 2.19. The van der Waals surface area contributed by atoms with Crippen molar-refractivity contribution in [2.24, 2.45) is 0 Å². The number of piperazine rings is 1. The van der Waals surface area contributed by atoms with E-state index in [4.69, 9.17) is 0 Å². The zero-order chi connectivity index (χ0) is 19.9. The summed E-state index contributed by atoms with van der Waals surface area (Å²) in [7, 11) is 0. The van der Waals surface area contributed by atoms with Crippen molar-refractivity contribution in [3.63, 3.8) is 0 Å². The third-order valence-electron chi connectivity index (χ3n) is 5.41. The first-order valence-corrected chi connectivity index (χ1v) is 10.2. The van der Waals surface area contributed by atoms with Crippen LogP contribution in [-0.4, -0.2) is 72.3 Å². The maximum Gasteiger partial charge on any atom is 0.251 e. The highest BCUT2D eigenvalue weighted by atomic mass is 16.2. The smallest absolute Gasteiger partial charge is 0.251 e. The van der Waals surface area contributed by atoms with Crippen LogP contribution >= 0.6 is 0 Å². The number of carbonyl (C=O) groups is 3. The molecule has 3 amide bonds. The molecular formula is C21H30N4O3. The Morgan fingerprint density at radius 3 is 2.39 bits per heavy atom. The van der Waals surface area contributed by atoms with Gasteiger partial charge in [0.2, 0.25) is 11.8 Å². The Kier molecular flexibility index (Phi) is 7.03. The van der Waals surface area contributed by atoms with E-state index in [9.17, 15) is 14.4 Å². The SMILES string of the molecule is CC(C(=O)NC1CC1)N1CCN(C(=O)CCCNC(=O)c2ccccc2)CC1. The molecule has 2 aliphatic rings. The minimum absolute atomic E-state index is 0.0939. The van der Waals surface area contributed by atoms with Crippen LogP contribution in [0, 0.1) is 0 Å². The quantitative estimate of drug-likeness (QED) is 0.654. The summed E-state index contributed by atoms with van der Waals surface area (Å²) < 4.78 is 0. The zero-order valence-corrected chi connectivity index (χ0v) is 16.5. The lowest BCUT2D eigenvalue weighted by molar-refractivity contribution is -0.134. The Morgan fingerprint density at radius 2 is 1.75 bits per heavy atom. The second-order valence-corrected chi connectivity index (χ2v) is 7.60. The Hall–Kier alpha value is -2.41. The molecule has 1 saturated heterocycles. The summed E-state index contributed by atoms with van der Waals surface area (Å²) in [6, 6.07) is 9.29. The van der Waals surface area contributed by atoms with E-state index in [-0.39, 0.29) is 23.8 Å². The fourth-order valence-corrected chi connectivity index (χ4v) is 3.37. The zero-order valence-electron chi connectivity index (χ0n) is 16.5. The Balaban J connectivity index is 1.31. The lowest BCUT2D eigenvalue weighted by atomic mass is 10.2. The summed E-state index contributed by atoms with van der Waals surface area (Å²) in [6.07, 6.45) is 3.23. The van der Waals surface area contributed by atoms with Crippen LogP contribution in [0.4, 0.5) is 0 Å². The molecule has 2 fully saturated rings. The van der Waals surface area contributed by atoms with Crippen molar-refractivity contribution in [2.45, 2.75) is 44.7 Å². The molecule has 1 aromatic carbocycles. The number of carbonyl (C=O) groups excluding carboxylic acids is 3. The van der Waals surface area contributed by atoms with Gasteiger partial charge in [-0.1, -0.05) is 18.2 Å². The number of rotatable bonds is 8. The third kappa shape index (κ3) is 5.79. The Morgan fingerprint density at radius 1 is 1.07 bits per heavy atom. The molecule has 3 rings (SSSR count). The maximum absolute atomic E-state index is 12.4. The molecule has 1 aliphatic carbocycles. The van der Waals surface area contributed by atoms with Gasteiger partial charge in [0, 0.05) is 50.7 Å². The van der Waals surface area contributed by atoms with E-state index in [1.807, 2.05) is 30.0 Å². The number of nitrogens with one attached hydrogen (secondary N) is 2. The molecule has 28 heavy (non-hydrogen) atoms. The molecule has 7 nitrogen and oxygen atoms in total. The lowest BCUT2D eigenvalue weighted by Crippen LogP contribution is -2.55. The number of benzene rings is 1. The van der Waals surface area contributed by atoms with Gasteiger partial charge in [-0.15, -0.1) is 0 Å². The van der Waals surface area contributed by atoms with Crippen LogP contribution in [0.1, 0.15) is 43.0 Å². The minimum atomic E-state index is -0.147. The number of hydrogen-bond donors (Lipinski definition) is 2. The topological polar surface area (TPSA) is 81.8 Å². The molecule has 0 spiro atoms. The van der Waals surface area contributed by atoms with Gasteiger partial charge in [-0.25, -0.2) is 0 Å². The van der Waals surface area contributed by atoms with Gasteiger partial charge in [0.1, 0.15) is 0 Å². The van der Waals surface area contributed by atoms with E-state index in [0.29, 0.717) is 44.1 Å². The molecule has 1 saturated carbocycles. The highest BCUT2D eigenvalue weighted by Gasteiger charge is 2.30. The number of hydrogen-bond acceptors (Lipinski definition) is 4. The van der Waals surface area contributed by atoms with Gasteiger partial charge in [-0.3, -0.25) is 19.3 Å². The summed E-state index contributed by atoms with van der Waals surface area (Å²) in [5, 5.41) is 5.89. The van der Waals surface area contributed by atoms with Crippen molar-refractivity contribution in [1.29, 1.82) is 0 Å². The van der Waals surface area contributed by atoms with Crippen molar-refractivity contribution >= 4 is 17.7 Å². The molecule has 0 aromatic heterocycles. The van der Waals surface area contributed by atoms with Crippen LogP contribution in [0.5, 0.6) is 0 Å². The van der Waals surface area contributed by atoms with Gasteiger partial charge < -0.3 is 15.5 Å². The minimum Gasteiger partial charge on any atom is -0.352 e. The van der Waals surface area contributed by atoms with Gasteiger partial charge in [-0.2, -0.15) is 0 Å². The average molecular weight is 386 g/mol. The standard InChI is InChI=1S/C21H30N4O3/c1-16(20(27)23-18-9-10-18)24-12-14-25(15-13-24)19(26)8-5-11-22-21(28)17-6-3-2-4-7-17/h2-4,6-7,16,18H,5,8-15H2,1H3,(H,22,28)(H,23,27). The van der Waals surface area contributed by atoms with Crippen molar-refractivity contribution < 1.29 is 14.4 Å². The van der Waals surface area contributed by atoms with E-state index in [1.54, 1.807) is 12.1 Å². The van der Waals surface area contributed by atoms with Crippen molar-refractivity contribution in [3.05, 3.63) is 35.9 Å². The molecule has 1 unspecified atom stereocenters. The number of nitrogens with zero attached hydrogens (tertiary/aromatic N) is 2. The molecule has 152 valence electrons. The summed E-state index contributed by atoms with van der Waals surface area (Å²) >= 11 is 0. The van der Waals surface area contributed by atoms with Crippen LogP contribution in [0.15, 0.2) is 30.3 Å². The molecule has 0 bridgehead atoms. The second-order valence-electron chi connectivity index (χ2n) is 7.60. The molecule has 1 aromatic rings. The summed E-state index contributed by atoms with van der Waals surface area (Å²) in [4.78, 5) is 40.5. The summed E-state index contributed by atoms with van der Waals surface area (Å²) in [5.41, 5.74) is 0.629. The van der Waals surface area contributed by atoms with Gasteiger partial charge in [-0.05, 0) is 38.3 Å². The summed E-state index contributed by atoms with van der Waals surface area (Å²) in [6.45, 7) is 5.15. The van der Waals surface area contributed by atoms with Crippen molar-refractivity contribution in [1.82, 2.24) is 20.4 Å². The highest BCUT2D eigenvalue weighted by molar-refractivity contribution is 5.94. The molecule has 1 atom stereocenters. The van der Waals surface area contributed by atoms with Crippen LogP contribution in [-0.2, 0) is 9.59 Å². The molecule has 1 heterocycles. The number of amides is 3. The predicted molar refractivity (Wildman–Crippen MR) is 107 cm³/mol. The third-order valence-corrected chi connectivity index (χ3v) is 5.41. The van der Waals surface area contributed by atoms with Gasteiger partial charge in [0.25, 0.3) is 5.91 Å². The molecule has 7 heteroatoms. The first kappa shape index (κ1) is 20.3. The van der Waals surface area contributed by atoms with E-state index in [2.05, 4.69) is 15.5 Å². The van der Waals surface area contributed by atoms with Crippen LogP contribution < -0.4 is 10.6 Å². The second kappa shape index (κ2) is 9.68. The molecule has 2 N–H and O–H groups in total. The summed E-state index contributed by atoms with van der Waals surface area (Å²) in [5.74, 6) is 0.0975. The predicted octanol–water partition coefficient (Wildman–Crippen LogP) is 1.01. The fraction of sp³-hybridized carbons (Fsp3) is 0.571. The van der Waals surface area contributed by atoms with Crippen molar-refractivity contribution in [2.75, 3.05) is 32.7 Å². The maximum atomic E-state index is 12.4. The van der Waals surface area contributed by atoms with E-state index in [1.165, 1.54) is 0 Å². The van der Waals surface area contributed by atoms with E-state index in [0.717, 1.165) is 25.9 Å². The van der Waals surface area contributed by atoms with Gasteiger partial charge >= 0.3 is 0 Å². The van der Waals surface area contributed by atoms with Crippen LogP contribution in [0.3, 0.4) is 0 Å².